The third-order valence-corrected chi connectivity index (χ3v) is 1.21. The molecule has 0 fully saturated rings. The monoisotopic (exact) mass is 184 g/mol. The molecular formula is C9H12O4. The predicted molar refractivity (Wildman–Crippen MR) is 46.3 cm³/mol. The average molecular weight is 184 g/mol. The summed E-state index contributed by atoms with van der Waals surface area (Å²) < 4.78 is 9.82. The van der Waals surface area contributed by atoms with Crippen LogP contribution in [0.1, 0.15) is 20.3 Å². The van der Waals surface area contributed by atoms with Crippen LogP contribution in [0.2, 0.25) is 0 Å². The fraction of sp³-hybridized carbons (Fsp3) is 0.556. The molecule has 0 amide bonds. The molecule has 0 rings (SSSR count). The van der Waals surface area contributed by atoms with Crippen LogP contribution < -0.4 is 0 Å². The SMILES string of the molecule is CC(=C=O)OCCCOC(C)=C=O. The molecule has 72 valence electrons. The summed E-state index contributed by atoms with van der Waals surface area (Å²) in [6, 6.07) is 0. The van der Waals surface area contributed by atoms with Gasteiger partial charge in [0.1, 0.15) is 0 Å². The van der Waals surface area contributed by atoms with Gasteiger partial charge in [-0.25, -0.2) is 9.59 Å². The van der Waals surface area contributed by atoms with Gasteiger partial charge in [-0.15, -0.1) is 0 Å². The van der Waals surface area contributed by atoms with Crippen molar-refractivity contribution >= 4 is 11.9 Å². The molecule has 4 nitrogen and oxygen atoms in total. The first-order chi connectivity index (χ1) is 6.20. The topological polar surface area (TPSA) is 52.6 Å². The standard InChI is InChI=1S/C9H12O4/c1-8(6-10)12-4-3-5-13-9(2)7-11/h3-5H2,1-2H3. The number of rotatable bonds is 6. The molecule has 13 heavy (non-hydrogen) atoms. The van der Waals surface area contributed by atoms with Crippen LogP contribution in [0.3, 0.4) is 0 Å². The zero-order chi connectivity index (χ0) is 10.1. The van der Waals surface area contributed by atoms with E-state index in [9.17, 15) is 9.59 Å². The Morgan fingerprint density at radius 2 is 1.38 bits per heavy atom. The minimum Gasteiger partial charge on any atom is -0.487 e. The molecule has 0 saturated carbocycles. The van der Waals surface area contributed by atoms with Crippen LogP contribution in [0.5, 0.6) is 0 Å². The fourth-order valence-electron chi connectivity index (χ4n) is 0.568. The zero-order valence-electron chi connectivity index (χ0n) is 7.75. The number of hydrogen-bond donors (Lipinski definition) is 0. The summed E-state index contributed by atoms with van der Waals surface area (Å²) in [5, 5.41) is 0. The van der Waals surface area contributed by atoms with E-state index in [1.807, 2.05) is 0 Å². The zero-order valence-corrected chi connectivity index (χ0v) is 7.75. The van der Waals surface area contributed by atoms with Gasteiger partial charge in [-0.2, -0.15) is 0 Å². The van der Waals surface area contributed by atoms with E-state index in [1.54, 1.807) is 11.9 Å². The third-order valence-electron chi connectivity index (χ3n) is 1.21. The van der Waals surface area contributed by atoms with Crippen molar-refractivity contribution in [1.29, 1.82) is 0 Å². The third kappa shape index (κ3) is 6.88. The van der Waals surface area contributed by atoms with E-state index in [1.165, 1.54) is 13.8 Å². The van der Waals surface area contributed by atoms with Gasteiger partial charge in [0.05, 0.1) is 13.2 Å². The number of hydrogen-bond acceptors (Lipinski definition) is 4. The lowest BCUT2D eigenvalue weighted by atomic mass is 10.5. The highest BCUT2D eigenvalue weighted by Gasteiger charge is 1.93. The maximum Gasteiger partial charge on any atom is 0.176 e. The number of carbonyl (C=O) groups excluding carboxylic acids is 2. The predicted octanol–water partition coefficient (Wildman–Crippen LogP) is 0.881. The van der Waals surface area contributed by atoms with E-state index >= 15 is 0 Å². The average Bonchev–Trinajstić information content (AvgIpc) is 2.16. The Labute approximate surface area is 76.8 Å². The van der Waals surface area contributed by atoms with Gasteiger partial charge in [0.2, 0.25) is 0 Å². The van der Waals surface area contributed by atoms with Gasteiger partial charge >= 0.3 is 0 Å². The first kappa shape index (κ1) is 11.5. The van der Waals surface area contributed by atoms with Crippen molar-refractivity contribution in [2.75, 3.05) is 13.2 Å². The molecule has 0 N–H and O–H groups in total. The lowest BCUT2D eigenvalue weighted by Crippen LogP contribution is -1.99. The van der Waals surface area contributed by atoms with Gasteiger partial charge in [0.15, 0.2) is 23.4 Å². The summed E-state index contributed by atoms with van der Waals surface area (Å²) >= 11 is 0. The van der Waals surface area contributed by atoms with Gasteiger partial charge in [-0.05, 0) is 0 Å². The van der Waals surface area contributed by atoms with Crippen molar-refractivity contribution in [2.45, 2.75) is 20.3 Å². The van der Waals surface area contributed by atoms with Crippen LogP contribution in [0.25, 0.3) is 0 Å². The molecular weight excluding hydrogens is 172 g/mol. The first-order valence-electron chi connectivity index (χ1n) is 3.89. The highest BCUT2D eigenvalue weighted by atomic mass is 16.5. The molecule has 0 aromatic heterocycles. The Balaban J connectivity index is 3.37. The number of allylic oxidation sites excluding steroid dienone is 2. The maximum absolute atomic E-state index is 9.95. The van der Waals surface area contributed by atoms with E-state index < -0.39 is 0 Å². The molecule has 0 aliphatic heterocycles. The Hall–Kier alpha value is -1.50. The Morgan fingerprint density at radius 3 is 1.69 bits per heavy atom. The van der Waals surface area contributed by atoms with Crippen molar-refractivity contribution in [3.8, 4) is 0 Å². The molecule has 0 saturated heterocycles. The van der Waals surface area contributed by atoms with Gasteiger partial charge in [-0.1, -0.05) is 0 Å². The van der Waals surface area contributed by atoms with Crippen molar-refractivity contribution < 1.29 is 19.1 Å². The summed E-state index contributed by atoms with van der Waals surface area (Å²) in [7, 11) is 0. The van der Waals surface area contributed by atoms with Gasteiger partial charge in [-0.3, -0.25) is 0 Å². The number of ether oxygens (including phenoxy) is 2. The van der Waals surface area contributed by atoms with E-state index in [0.29, 0.717) is 19.6 Å². The van der Waals surface area contributed by atoms with E-state index in [4.69, 9.17) is 9.47 Å². The summed E-state index contributed by atoms with van der Waals surface area (Å²) in [5.74, 6) is 3.67. The maximum atomic E-state index is 9.95. The molecule has 0 aliphatic rings. The normalized spacial score (nSPS) is 8.15. The van der Waals surface area contributed by atoms with E-state index in [0.717, 1.165) is 0 Å². The van der Waals surface area contributed by atoms with Gasteiger partial charge in [0.25, 0.3) is 0 Å². The fourth-order valence-corrected chi connectivity index (χ4v) is 0.568. The molecule has 0 spiro atoms. The van der Waals surface area contributed by atoms with E-state index in [2.05, 4.69) is 0 Å². The van der Waals surface area contributed by atoms with Crippen LogP contribution in [0.4, 0.5) is 0 Å². The molecule has 0 unspecified atom stereocenters. The van der Waals surface area contributed by atoms with Crippen LogP contribution in [0.15, 0.2) is 11.5 Å². The molecule has 0 atom stereocenters. The Kier molecular flexibility index (Phi) is 6.34. The summed E-state index contributed by atoms with van der Waals surface area (Å²) in [6.07, 6.45) is 0.609. The second-order valence-corrected chi connectivity index (χ2v) is 2.37. The van der Waals surface area contributed by atoms with Gasteiger partial charge < -0.3 is 9.47 Å². The molecule has 0 aromatic rings. The smallest absolute Gasteiger partial charge is 0.176 e. The summed E-state index contributed by atoms with van der Waals surface area (Å²) in [5.41, 5.74) is 0. The molecule has 0 aliphatic carbocycles. The van der Waals surface area contributed by atoms with Crippen LogP contribution in [-0.2, 0) is 19.1 Å². The second-order valence-electron chi connectivity index (χ2n) is 2.37. The summed E-state index contributed by atoms with van der Waals surface area (Å²) in [4.78, 5) is 19.9. The van der Waals surface area contributed by atoms with Crippen molar-refractivity contribution in [2.24, 2.45) is 0 Å². The quantitative estimate of drug-likeness (QED) is 0.349. The minimum absolute atomic E-state index is 0.225. The molecule has 0 bridgehead atoms. The largest absolute Gasteiger partial charge is 0.487 e. The molecule has 0 aromatic carbocycles. The first-order valence-corrected chi connectivity index (χ1v) is 3.89. The molecule has 0 heterocycles. The lowest BCUT2D eigenvalue weighted by molar-refractivity contribution is 0.156. The highest BCUT2D eigenvalue weighted by molar-refractivity contribution is 5.48. The van der Waals surface area contributed by atoms with E-state index in [-0.39, 0.29) is 11.5 Å². The Morgan fingerprint density at radius 1 is 1.00 bits per heavy atom. The molecule has 4 heteroatoms. The van der Waals surface area contributed by atoms with Crippen LogP contribution in [-0.4, -0.2) is 25.1 Å². The minimum atomic E-state index is 0.225. The summed E-state index contributed by atoms with van der Waals surface area (Å²) in [6.45, 7) is 3.83. The van der Waals surface area contributed by atoms with Crippen molar-refractivity contribution in [1.82, 2.24) is 0 Å². The molecule has 0 radical (unpaired) electrons. The van der Waals surface area contributed by atoms with Crippen LogP contribution >= 0.6 is 0 Å². The van der Waals surface area contributed by atoms with Gasteiger partial charge in [0, 0.05) is 20.3 Å². The highest BCUT2D eigenvalue weighted by Crippen LogP contribution is 1.94. The van der Waals surface area contributed by atoms with Crippen molar-refractivity contribution in [3.63, 3.8) is 0 Å². The van der Waals surface area contributed by atoms with Crippen LogP contribution in [0, 0.1) is 0 Å². The Bertz CT molecular complexity index is 218. The van der Waals surface area contributed by atoms with Crippen molar-refractivity contribution in [3.05, 3.63) is 11.5 Å². The lowest BCUT2D eigenvalue weighted by Gasteiger charge is -2.04. The second kappa shape index (κ2) is 7.17.